The molecule has 1 unspecified atom stereocenters. The molecule has 0 amide bonds. The van der Waals surface area contributed by atoms with Crippen LogP contribution >= 0.6 is 11.8 Å². The summed E-state index contributed by atoms with van der Waals surface area (Å²) in [5.41, 5.74) is 0. The summed E-state index contributed by atoms with van der Waals surface area (Å²) < 4.78 is 14.1. The van der Waals surface area contributed by atoms with E-state index in [1.54, 1.807) is 14.2 Å². The van der Waals surface area contributed by atoms with E-state index in [9.17, 15) is 0 Å². The highest BCUT2D eigenvalue weighted by atomic mass is 32.2. The Kier molecular flexibility index (Phi) is 9.76. The fourth-order valence-electron chi connectivity index (χ4n) is 3.06. The summed E-state index contributed by atoms with van der Waals surface area (Å²) in [5, 5.41) is 0. The van der Waals surface area contributed by atoms with E-state index < -0.39 is 25.0 Å². The summed E-state index contributed by atoms with van der Waals surface area (Å²) in [5.74, 6) is 3.12. The smallest absolute Gasteiger partial charge is 0.334 e. The third kappa shape index (κ3) is 8.65. The predicted octanol–water partition coefficient (Wildman–Crippen LogP) is 4.69. The van der Waals surface area contributed by atoms with Gasteiger partial charge in [0.05, 0.1) is 0 Å². The Hall–Kier alpha value is 0.881. The highest BCUT2D eigenvalue weighted by Gasteiger charge is 2.34. The van der Waals surface area contributed by atoms with Crippen LogP contribution in [0.4, 0.5) is 0 Å². The lowest BCUT2D eigenvalue weighted by atomic mass is 10.3. The second kappa shape index (κ2) is 9.39. The maximum absolute atomic E-state index is 5.60. The maximum atomic E-state index is 5.60. The lowest BCUT2D eigenvalue weighted by molar-refractivity contribution is 0.244. The minimum Gasteiger partial charge on any atom is -0.398 e. The first-order valence-electron chi connectivity index (χ1n) is 8.31. The van der Waals surface area contributed by atoms with Crippen LogP contribution in [0.1, 0.15) is 6.92 Å². The highest BCUT2D eigenvalue weighted by Crippen LogP contribution is 2.23. The van der Waals surface area contributed by atoms with Gasteiger partial charge in [0, 0.05) is 20.0 Å². The Balaban J connectivity index is 4.25. The third-order valence-corrected chi connectivity index (χ3v) is 16.2. The summed E-state index contributed by atoms with van der Waals surface area (Å²) >= 11 is 2.10. The molecule has 134 valence electrons. The molecule has 0 saturated carbocycles. The first kappa shape index (κ1) is 22.9. The maximum Gasteiger partial charge on any atom is 0.334 e. The molecule has 0 heterocycles. The summed E-state index contributed by atoms with van der Waals surface area (Å²) in [6.45, 7) is 20.6. The van der Waals surface area contributed by atoms with Crippen molar-refractivity contribution in [3.8, 4) is 0 Å². The molecule has 3 nitrogen and oxygen atoms in total. The van der Waals surface area contributed by atoms with Gasteiger partial charge in [-0.15, -0.1) is 0 Å². The second-order valence-electron chi connectivity index (χ2n) is 8.42. The quantitative estimate of drug-likeness (QED) is 0.382. The molecule has 0 saturated heterocycles. The van der Waals surface area contributed by atoms with Gasteiger partial charge in [0.25, 0.3) is 0 Å². The van der Waals surface area contributed by atoms with Gasteiger partial charge in [-0.05, 0) is 30.8 Å². The summed E-state index contributed by atoms with van der Waals surface area (Å²) in [6.07, 6.45) is 0. The van der Waals surface area contributed by atoms with Crippen LogP contribution in [-0.4, -0.2) is 61.5 Å². The van der Waals surface area contributed by atoms with E-state index in [4.69, 9.17) is 8.85 Å². The largest absolute Gasteiger partial charge is 0.398 e. The number of hydrogen-bond acceptors (Lipinski definition) is 4. The zero-order valence-corrected chi connectivity index (χ0v) is 20.4. The molecule has 0 aliphatic heterocycles. The van der Waals surface area contributed by atoms with Crippen LogP contribution in [0.2, 0.25) is 51.9 Å². The molecule has 0 N–H and O–H groups in total. The first-order chi connectivity index (χ1) is 9.85. The Bertz CT molecular complexity index is 301. The van der Waals surface area contributed by atoms with Crippen LogP contribution in [0.5, 0.6) is 0 Å². The molecule has 1 atom stereocenters. The van der Waals surface area contributed by atoms with Crippen molar-refractivity contribution in [3.05, 3.63) is 0 Å². The minimum atomic E-state index is -1.91. The molecule has 0 radical (unpaired) electrons. The molecule has 0 spiro atoms. The summed E-state index contributed by atoms with van der Waals surface area (Å²) in [6, 6.07) is 1.08. The molecule has 7 heteroatoms. The molecular formula is C15H39NO2SSi3. The minimum absolute atomic E-state index is 0.661. The van der Waals surface area contributed by atoms with Gasteiger partial charge in [-0.3, -0.25) is 0 Å². The molecule has 0 rings (SSSR count). The zero-order chi connectivity index (χ0) is 17.6. The van der Waals surface area contributed by atoms with E-state index >= 15 is 0 Å². The van der Waals surface area contributed by atoms with Crippen molar-refractivity contribution in [1.82, 2.24) is 4.23 Å². The van der Waals surface area contributed by atoms with E-state index in [2.05, 4.69) is 68.7 Å². The van der Waals surface area contributed by atoms with Crippen LogP contribution in [0, 0.1) is 5.92 Å². The van der Waals surface area contributed by atoms with E-state index in [1.807, 2.05) is 0 Å². The van der Waals surface area contributed by atoms with Gasteiger partial charge in [0.2, 0.25) is 0 Å². The number of rotatable bonds is 11. The average molecular weight is 382 g/mol. The fraction of sp³-hybridized carbons (Fsp3) is 1.00. The van der Waals surface area contributed by atoms with Crippen molar-refractivity contribution in [1.29, 1.82) is 0 Å². The fourth-order valence-corrected chi connectivity index (χ4v) is 16.1. The van der Waals surface area contributed by atoms with Crippen molar-refractivity contribution in [2.45, 2.75) is 58.8 Å². The molecular weight excluding hydrogens is 342 g/mol. The number of thioether (sulfide) groups is 1. The van der Waals surface area contributed by atoms with Gasteiger partial charge in [-0.2, -0.15) is 11.8 Å². The molecule has 0 aliphatic rings. The predicted molar refractivity (Wildman–Crippen MR) is 110 cm³/mol. The van der Waals surface area contributed by atoms with Crippen molar-refractivity contribution in [2.24, 2.45) is 5.92 Å². The molecule has 0 aromatic carbocycles. The second-order valence-corrected chi connectivity index (χ2v) is 23.3. The van der Waals surface area contributed by atoms with E-state index in [0.717, 1.165) is 6.04 Å². The number of hydrogen-bond donors (Lipinski definition) is 0. The summed E-state index contributed by atoms with van der Waals surface area (Å²) in [7, 11) is -0.739. The average Bonchev–Trinajstić information content (AvgIpc) is 2.35. The van der Waals surface area contributed by atoms with Crippen LogP contribution in [0.25, 0.3) is 0 Å². The molecule has 0 aromatic heterocycles. The van der Waals surface area contributed by atoms with Crippen molar-refractivity contribution in [3.63, 3.8) is 0 Å². The van der Waals surface area contributed by atoms with Crippen LogP contribution in [0.3, 0.4) is 0 Å². The number of nitrogens with zero attached hydrogens (tertiary/aromatic N) is 1. The van der Waals surface area contributed by atoms with E-state index in [1.165, 1.54) is 18.1 Å². The normalized spacial score (nSPS) is 15.4. The van der Waals surface area contributed by atoms with Crippen molar-refractivity contribution < 1.29 is 8.85 Å². The highest BCUT2D eigenvalue weighted by molar-refractivity contribution is 7.99. The Morgan fingerprint density at radius 1 is 0.909 bits per heavy atom. The lowest BCUT2D eigenvalue weighted by Crippen LogP contribution is -2.59. The van der Waals surface area contributed by atoms with Gasteiger partial charge in [-0.25, -0.2) is 0 Å². The lowest BCUT2D eigenvalue weighted by Gasteiger charge is -2.43. The van der Waals surface area contributed by atoms with Gasteiger partial charge in [0.1, 0.15) is 16.5 Å². The molecule has 0 aliphatic carbocycles. The molecule has 22 heavy (non-hydrogen) atoms. The van der Waals surface area contributed by atoms with Gasteiger partial charge in [-0.1, -0.05) is 46.2 Å². The summed E-state index contributed by atoms with van der Waals surface area (Å²) in [4.78, 5) is 0. The first-order valence-corrected chi connectivity index (χ1v) is 18.9. The standard InChI is InChI=1S/C15H39NO2SSi3/c1-15(14-22(10,17-2)18-3)13-19-12-11-16(20(4,5)6)21(7,8)9/h15H,11-14H2,1-10H3. The van der Waals surface area contributed by atoms with Crippen LogP contribution in [0.15, 0.2) is 0 Å². The van der Waals surface area contributed by atoms with Crippen LogP contribution < -0.4 is 0 Å². The van der Waals surface area contributed by atoms with Crippen molar-refractivity contribution >= 4 is 36.8 Å². The molecule has 0 fully saturated rings. The van der Waals surface area contributed by atoms with E-state index in [-0.39, 0.29) is 0 Å². The van der Waals surface area contributed by atoms with Gasteiger partial charge in [0.15, 0.2) is 0 Å². The Labute approximate surface area is 147 Å². The van der Waals surface area contributed by atoms with E-state index in [0.29, 0.717) is 5.92 Å². The van der Waals surface area contributed by atoms with Crippen molar-refractivity contribution in [2.75, 3.05) is 32.3 Å². The zero-order valence-electron chi connectivity index (χ0n) is 16.6. The SMILES string of the molecule is CO[Si](C)(CC(C)CSCCN([Si](C)(C)C)[Si](C)(C)C)OC. The molecule has 0 aromatic rings. The Morgan fingerprint density at radius 2 is 1.36 bits per heavy atom. The monoisotopic (exact) mass is 381 g/mol. The third-order valence-electron chi connectivity index (χ3n) is 4.06. The Morgan fingerprint density at radius 3 is 1.73 bits per heavy atom. The van der Waals surface area contributed by atoms with Gasteiger partial charge >= 0.3 is 8.56 Å². The van der Waals surface area contributed by atoms with Gasteiger partial charge < -0.3 is 13.1 Å². The molecule has 0 bridgehead atoms. The topological polar surface area (TPSA) is 21.7 Å². The van der Waals surface area contributed by atoms with Crippen LogP contribution in [-0.2, 0) is 8.85 Å².